The Kier molecular flexibility index (Phi) is 4.34. The van der Waals surface area contributed by atoms with Gasteiger partial charge in [-0.05, 0) is 13.3 Å². The molecule has 1 heterocycles. The van der Waals surface area contributed by atoms with E-state index in [-0.39, 0.29) is 11.8 Å². The van der Waals surface area contributed by atoms with E-state index in [4.69, 9.17) is 4.42 Å². The molecule has 1 aromatic rings. The molecule has 4 heteroatoms. The number of nitrogens with one attached hydrogen (secondary N) is 1. The zero-order chi connectivity index (χ0) is 11.3. The second-order valence-corrected chi connectivity index (χ2v) is 3.83. The predicted octanol–water partition coefficient (Wildman–Crippen LogP) is 2.75. The first kappa shape index (κ1) is 11.8. The number of oxazole rings is 1. The van der Waals surface area contributed by atoms with Crippen molar-refractivity contribution in [2.24, 2.45) is 5.92 Å². The van der Waals surface area contributed by atoms with Crippen molar-refractivity contribution in [2.45, 2.75) is 40.0 Å². The quantitative estimate of drug-likeness (QED) is 0.813. The first-order chi connectivity index (χ1) is 7.13. The molecule has 0 radical (unpaired) electrons. The standard InChI is InChI=1S/C11H18N2O2/c1-4-5-6-8(2)10(14)13-11-12-9(3)7-15-11/h7-8H,4-6H2,1-3H3,(H,12,13,14). The molecule has 1 atom stereocenters. The molecule has 1 unspecified atom stereocenters. The molecule has 4 nitrogen and oxygen atoms in total. The van der Waals surface area contributed by atoms with Gasteiger partial charge in [0, 0.05) is 5.92 Å². The van der Waals surface area contributed by atoms with E-state index in [1.54, 1.807) is 0 Å². The zero-order valence-electron chi connectivity index (χ0n) is 9.54. The van der Waals surface area contributed by atoms with Crippen molar-refractivity contribution in [1.82, 2.24) is 4.98 Å². The number of anilines is 1. The lowest BCUT2D eigenvalue weighted by Crippen LogP contribution is -2.20. The van der Waals surface area contributed by atoms with E-state index in [1.165, 1.54) is 6.26 Å². The Hall–Kier alpha value is -1.32. The van der Waals surface area contributed by atoms with Crippen LogP contribution in [0.2, 0.25) is 0 Å². The molecule has 0 fully saturated rings. The fourth-order valence-electron chi connectivity index (χ4n) is 1.28. The van der Waals surface area contributed by atoms with Gasteiger partial charge in [-0.3, -0.25) is 10.1 Å². The van der Waals surface area contributed by atoms with Crippen LogP contribution in [-0.4, -0.2) is 10.9 Å². The van der Waals surface area contributed by atoms with Crippen molar-refractivity contribution < 1.29 is 9.21 Å². The fraction of sp³-hybridized carbons (Fsp3) is 0.636. The summed E-state index contributed by atoms with van der Waals surface area (Å²) in [6.07, 6.45) is 4.60. The Bertz CT molecular complexity index is 320. The molecular formula is C11H18N2O2. The van der Waals surface area contributed by atoms with E-state index in [0.29, 0.717) is 6.01 Å². The van der Waals surface area contributed by atoms with Gasteiger partial charge in [-0.15, -0.1) is 0 Å². The molecule has 0 aromatic carbocycles. The van der Waals surface area contributed by atoms with Crippen molar-refractivity contribution in [3.05, 3.63) is 12.0 Å². The lowest BCUT2D eigenvalue weighted by molar-refractivity contribution is -0.119. The minimum absolute atomic E-state index is 0.0113. The maximum Gasteiger partial charge on any atom is 0.301 e. The molecule has 0 aliphatic carbocycles. The molecule has 1 aromatic heterocycles. The highest BCUT2D eigenvalue weighted by molar-refractivity contribution is 5.90. The Balaban J connectivity index is 2.41. The minimum atomic E-state index is -0.0229. The highest BCUT2D eigenvalue weighted by Crippen LogP contribution is 2.12. The van der Waals surface area contributed by atoms with Gasteiger partial charge in [0.1, 0.15) is 6.26 Å². The zero-order valence-corrected chi connectivity index (χ0v) is 9.54. The van der Waals surface area contributed by atoms with Crippen molar-refractivity contribution in [3.63, 3.8) is 0 Å². The lowest BCUT2D eigenvalue weighted by Gasteiger charge is -2.08. The van der Waals surface area contributed by atoms with Crippen molar-refractivity contribution in [2.75, 3.05) is 5.32 Å². The number of aromatic nitrogens is 1. The number of amides is 1. The number of carbonyl (C=O) groups is 1. The van der Waals surface area contributed by atoms with Gasteiger partial charge in [0.05, 0.1) is 5.69 Å². The second-order valence-electron chi connectivity index (χ2n) is 3.83. The van der Waals surface area contributed by atoms with Gasteiger partial charge in [-0.2, -0.15) is 4.98 Å². The Labute approximate surface area is 90.1 Å². The fourth-order valence-corrected chi connectivity index (χ4v) is 1.28. The van der Waals surface area contributed by atoms with E-state index < -0.39 is 0 Å². The SMILES string of the molecule is CCCCC(C)C(=O)Nc1nc(C)co1. The molecule has 0 saturated carbocycles. The van der Waals surface area contributed by atoms with Gasteiger partial charge in [-0.1, -0.05) is 26.7 Å². The highest BCUT2D eigenvalue weighted by atomic mass is 16.4. The number of carbonyl (C=O) groups excluding carboxylic acids is 1. The van der Waals surface area contributed by atoms with Crippen molar-refractivity contribution >= 4 is 11.9 Å². The molecule has 0 saturated heterocycles. The molecule has 0 aliphatic rings. The second kappa shape index (κ2) is 5.53. The van der Waals surface area contributed by atoms with Crippen LogP contribution in [0.15, 0.2) is 10.7 Å². The number of unbranched alkanes of at least 4 members (excludes halogenated alkanes) is 1. The van der Waals surface area contributed by atoms with Crippen LogP contribution in [0.1, 0.15) is 38.8 Å². The number of hydrogen-bond donors (Lipinski definition) is 1. The molecule has 0 aliphatic heterocycles. The summed E-state index contributed by atoms with van der Waals surface area (Å²) in [7, 11) is 0. The molecule has 15 heavy (non-hydrogen) atoms. The number of hydrogen-bond acceptors (Lipinski definition) is 3. The van der Waals surface area contributed by atoms with Crippen LogP contribution in [0.3, 0.4) is 0 Å². The predicted molar refractivity (Wildman–Crippen MR) is 58.6 cm³/mol. The third-order valence-corrected chi connectivity index (χ3v) is 2.29. The van der Waals surface area contributed by atoms with E-state index in [2.05, 4.69) is 17.2 Å². The van der Waals surface area contributed by atoms with Crippen molar-refractivity contribution in [1.29, 1.82) is 0 Å². The molecular weight excluding hydrogens is 192 g/mol. The summed E-state index contributed by atoms with van der Waals surface area (Å²) in [6, 6.07) is 0.292. The summed E-state index contributed by atoms with van der Waals surface area (Å²) in [6.45, 7) is 5.85. The molecule has 1 rings (SSSR count). The Morgan fingerprint density at radius 1 is 1.67 bits per heavy atom. The van der Waals surface area contributed by atoms with Crippen LogP contribution in [0, 0.1) is 12.8 Å². The Morgan fingerprint density at radius 3 is 2.93 bits per heavy atom. The third-order valence-electron chi connectivity index (χ3n) is 2.29. The van der Waals surface area contributed by atoms with E-state index in [1.807, 2.05) is 13.8 Å². The monoisotopic (exact) mass is 210 g/mol. The normalized spacial score (nSPS) is 12.5. The van der Waals surface area contributed by atoms with Crippen LogP contribution < -0.4 is 5.32 Å². The maximum absolute atomic E-state index is 11.6. The average molecular weight is 210 g/mol. The van der Waals surface area contributed by atoms with Crippen LogP contribution in [0.25, 0.3) is 0 Å². The Morgan fingerprint density at radius 2 is 2.40 bits per heavy atom. The molecule has 0 spiro atoms. The third kappa shape index (κ3) is 3.73. The van der Waals surface area contributed by atoms with Gasteiger partial charge in [0.2, 0.25) is 5.91 Å². The summed E-state index contributed by atoms with van der Waals surface area (Å²) in [5.74, 6) is -0.0116. The van der Waals surface area contributed by atoms with Crippen LogP contribution in [-0.2, 0) is 4.79 Å². The lowest BCUT2D eigenvalue weighted by atomic mass is 10.0. The molecule has 84 valence electrons. The van der Waals surface area contributed by atoms with Crippen LogP contribution >= 0.6 is 0 Å². The molecule has 0 bridgehead atoms. The van der Waals surface area contributed by atoms with Gasteiger partial charge < -0.3 is 4.42 Å². The molecule has 1 amide bonds. The smallest absolute Gasteiger partial charge is 0.301 e. The van der Waals surface area contributed by atoms with Gasteiger partial charge in [0.25, 0.3) is 0 Å². The first-order valence-corrected chi connectivity index (χ1v) is 5.36. The topological polar surface area (TPSA) is 55.1 Å². The summed E-state index contributed by atoms with van der Waals surface area (Å²) >= 11 is 0. The first-order valence-electron chi connectivity index (χ1n) is 5.36. The van der Waals surface area contributed by atoms with Gasteiger partial charge >= 0.3 is 6.01 Å². The summed E-state index contributed by atoms with van der Waals surface area (Å²) in [5, 5.41) is 2.65. The van der Waals surface area contributed by atoms with Gasteiger partial charge in [0.15, 0.2) is 0 Å². The largest absolute Gasteiger partial charge is 0.432 e. The summed E-state index contributed by atoms with van der Waals surface area (Å²) in [5.41, 5.74) is 0.770. The number of rotatable bonds is 5. The van der Waals surface area contributed by atoms with E-state index in [9.17, 15) is 4.79 Å². The van der Waals surface area contributed by atoms with Crippen LogP contribution in [0.4, 0.5) is 6.01 Å². The average Bonchev–Trinajstić information content (AvgIpc) is 2.60. The van der Waals surface area contributed by atoms with Gasteiger partial charge in [-0.25, -0.2) is 0 Å². The molecule has 1 N–H and O–H groups in total. The maximum atomic E-state index is 11.6. The van der Waals surface area contributed by atoms with Crippen LogP contribution in [0.5, 0.6) is 0 Å². The summed E-state index contributed by atoms with van der Waals surface area (Å²) in [4.78, 5) is 15.6. The summed E-state index contributed by atoms with van der Waals surface area (Å²) < 4.78 is 5.05. The van der Waals surface area contributed by atoms with E-state index >= 15 is 0 Å². The van der Waals surface area contributed by atoms with Crippen molar-refractivity contribution in [3.8, 4) is 0 Å². The number of nitrogens with zero attached hydrogens (tertiary/aromatic N) is 1. The highest BCUT2D eigenvalue weighted by Gasteiger charge is 2.14. The number of aryl methyl sites for hydroxylation is 1. The minimum Gasteiger partial charge on any atom is -0.432 e. The van der Waals surface area contributed by atoms with E-state index in [0.717, 1.165) is 25.0 Å².